The number of aliphatic imine (C=N–C) groups is 1. The van der Waals surface area contributed by atoms with Crippen molar-refractivity contribution in [3.05, 3.63) is 29.8 Å². The molecule has 17 heavy (non-hydrogen) atoms. The van der Waals surface area contributed by atoms with Crippen LogP contribution < -0.4 is 16.2 Å². The Balaban J connectivity index is 0.00000144. The number of hydrogen-bond acceptors (Lipinski definition) is 2. The van der Waals surface area contributed by atoms with Gasteiger partial charge < -0.3 is 16.2 Å². The number of methoxy groups -OCH3 is 1. The molecule has 4 nitrogen and oxygen atoms in total. The molecule has 0 aromatic heterocycles. The van der Waals surface area contributed by atoms with Gasteiger partial charge in [-0.2, -0.15) is 0 Å². The van der Waals surface area contributed by atoms with Crippen molar-refractivity contribution in [2.24, 2.45) is 16.5 Å². The van der Waals surface area contributed by atoms with E-state index in [0.717, 1.165) is 18.6 Å². The Bertz CT molecular complexity index is 395. The lowest BCUT2D eigenvalue weighted by Crippen LogP contribution is -2.25. The molecule has 0 saturated heterocycles. The lowest BCUT2D eigenvalue weighted by Gasteiger charge is -2.13. The van der Waals surface area contributed by atoms with Gasteiger partial charge in [-0.15, -0.1) is 24.0 Å². The highest BCUT2D eigenvalue weighted by molar-refractivity contribution is 14.0. The molecule has 4 N–H and O–H groups in total. The minimum Gasteiger partial charge on any atom is -0.497 e. The Morgan fingerprint density at radius 3 is 2.29 bits per heavy atom. The van der Waals surface area contributed by atoms with E-state index in [2.05, 4.69) is 17.1 Å². The third-order valence-corrected chi connectivity index (χ3v) is 3.12. The van der Waals surface area contributed by atoms with E-state index >= 15 is 0 Å². The predicted molar refractivity (Wildman–Crippen MR) is 80.0 cm³/mol. The minimum atomic E-state index is 0. The normalized spacial score (nSPS) is 15.6. The summed E-state index contributed by atoms with van der Waals surface area (Å²) in [6.07, 6.45) is 2.30. The fraction of sp³-hybridized carbons (Fsp3) is 0.417. The van der Waals surface area contributed by atoms with E-state index in [0.29, 0.717) is 6.54 Å². The molecule has 1 aromatic carbocycles. The summed E-state index contributed by atoms with van der Waals surface area (Å²) in [5, 5.41) is 0. The lowest BCUT2D eigenvalue weighted by molar-refractivity contribution is 0.414. The van der Waals surface area contributed by atoms with Gasteiger partial charge in [-0.3, -0.25) is 4.99 Å². The van der Waals surface area contributed by atoms with E-state index in [1.54, 1.807) is 7.11 Å². The summed E-state index contributed by atoms with van der Waals surface area (Å²) in [5.41, 5.74) is 12.2. The third-order valence-electron chi connectivity index (χ3n) is 3.12. The number of nitrogens with two attached hydrogens (primary N) is 2. The second-order valence-electron chi connectivity index (χ2n) is 4.25. The molecule has 0 aliphatic heterocycles. The van der Waals surface area contributed by atoms with Crippen molar-refractivity contribution in [2.45, 2.75) is 18.3 Å². The molecule has 0 heterocycles. The van der Waals surface area contributed by atoms with Gasteiger partial charge in [0.25, 0.3) is 0 Å². The van der Waals surface area contributed by atoms with Crippen LogP contribution in [0.4, 0.5) is 0 Å². The van der Waals surface area contributed by atoms with Crippen LogP contribution in [0.2, 0.25) is 0 Å². The molecule has 0 bridgehead atoms. The van der Waals surface area contributed by atoms with E-state index < -0.39 is 0 Å². The van der Waals surface area contributed by atoms with E-state index in [9.17, 15) is 0 Å². The molecule has 94 valence electrons. The fourth-order valence-corrected chi connectivity index (χ4v) is 1.88. The molecule has 1 aromatic rings. The zero-order valence-corrected chi connectivity index (χ0v) is 12.2. The Morgan fingerprint density at radius 1 is 1.29 bits per heavy atom. The van der Waals surface area contributed by atoms with Crippen LogP contribution in [-0.4, -0.2) is 19.6 Å². The summed E-state index contributed by atoms with van der Waals surface area (Å²) in [6, 6.07) is 8.14. The number of benzene rings is 1. The highest BCUT2D eigenvalue weighted by atomic mass is 127. The number of nitrogens with zero attached hydrogens (tertiary/aromatic N) is 1. The van der Waals surface area contributed by atoms with Gasteiger partial charge in [0.15, 0.2) is 5.96 Å². The molecule has 1 fully saturated rings. The van der Waals surface area contributed by atoms with Gasteiger partial charge in [0.2, 0.25) is 0 Å². The first kappa shape index (κ1) is 14.1. The number of halogens is 1. The van der Waals surface area contributed by atoms with Crippen LogP contribution in [0.1, 0.15) is 18.4 Å². The summed E-state index contributed by atoms with van der Waals surface area (Å²) in [4.78, 5) is 4.12. The Kier molecular flexibility index (Phi) is 4.62. The quantitative estimate of drug-likeness (QED) is 0.494. The predicted octanol–water partition coefficient (Wildman–Crippen LogP) is 1.62. The monoisotopic (exact) mass is 347 g/mol. The highest BCUT2D eigenvalue weighted by Crippen LogP contribution is 2.48. The zero-order valence-electron chi connectivity index (χ0n) is 9.85. The zero-order chi connectivity index (χ0) is 11.6. The molecule has 0 spiro atoms. The van der Waals surface area contributed by atoms with Gasteiger partial charge in [0, 0.05) is 5.41 Å². The van der Waals surface area contributed by atoms with Gasteiger partial charge in [-0.05, 0) is 30.5 Å². The van der Waals surface area contributed by atoms with E-state index in [1.165, 1.54) is 5.56 Å². The first-order valence-electron chi connectivity index (χ1n) is 5.36. The maximum atomic E-state index is 5.36. The molecular weight excluding hydrogens is 329 g/mol. The SMILES string of the molecule is COc1ccc(C2(CN=C(N)N)CC2)cc1.I. The third kappa shape index (κ3) is 3.24. The highest BCUT2D eigenvalue weighted by Gasteiger charge is 2.43. The van der Waals surface area contributed by atoms with Gasteiger partial charge in [-0.1, -0.05) is 12.1 Å². The van der Waals surface area contributed by atoms with Crippen molar-refractivity contribution in [3.8, 4) is 5.75 Å². The van der Waals surface area contributed by atoms with Crippen molar-refractivity contribution >= 4 is 29.9 Å². The summed E-state index contributed by atoms with van der Waals surface area (Å²) in [5.74, 6) is 1.04. The lowest BCUT2D eigenvalue weighted by atomic mass is 9.96. The first-order chi connectivity index (χ1) is 7.66. The molecule has 1 aliphatic carbocycles. The van der Waals surface area contributed by atoms with Gasteiger partial charge in [0.1, 0.15) is 5.75 Å². The average molecular weight is 347 g/mol. The second-order valence-corrected chi connectivity index (χ2v) is 4.25. The number of rotatable bonds is 4. The van der Waals surface area contributed by atoms with E-state index in [1.807, 2.05) is 12.1 Å². The van der Waals surface area contributed by atoms with Crippen LogP contribution in [0.25, 0.3) is 0 Å². The minimum absolute atomic E-state index is 0. The van der Waals surface area contributed by atoms with Crippen molar-refractivity contribution < 1.29 is 4.74 Å². The fourth-order valence-electron chi connectivity index (χ4n) is 1.88. The van der Waals surface area contributed by atoms with Crippen molar-refractivity contribution in [3.63, 3.8) is 0 Å². The maximum Gasteiger partial charge on any atom is 0.185 e. The topological polar surface area (TPSA) is 73.6 Å². The van der Waals surface area contributed by atoms with Gasteiger partial charge in [0.05, 0.1) is 13.7 Å². The van der Waals surface area contributed by atoms with Crippen LogP contribution in [0.5, 0.6) is 5.75 Å². The smallest absolute Gasteiger partial charge is 0.185 e. The van der Waals surface area contributed by atoms with E-state index in [-0.39, 0.29) is 35.4 Å². The largest absolute Gasteiger partial charge is 0.497 e. The molecule has 0 atom stereocenters. The number of hydrogen-bond donors (Lipinski definition) is 2. The van der Waals surface area contributed by atoms with Crippen molar-refractivity contribution in [2.75, 3.05) is 13.7 Å². The van der Waals surface area contributed by atoms with Crippen molar-refractivity contribution in [1.82, 2.24) is 0 Å². The Labute approximate surface area is 118 Å². The molecule has 0 unspecified atom stereocenters. The number of guanidine groups is 1. The number of ether oxygens (including phenoxy) is 1. The van der Waals surface area contributed by atoms with Crippen LogP contribution in [0.15, 0.2) is 29.3 Å². The Morgan fingerprint density at radius 2 is 1.88 bits per heavy atom. The standard InChI is InChI=1S/C12H17N3O.HI/c1-16-10-4-2-9(3-5-10)12(6-7-12)8-15-11(13)14;/h2-5H,6-8H2,1H3,(H4,13,14,15);1H. The Hall–Kier alpha value is -0.980. The van der Waals surface area contributed by atoms with Crippen LogP contribution in [-0.2, 0) is 5.41 Å². The molecule has 2 rings (SSSR count). The molecule has 5 heteroatoms. The summed E-state index contributed by atoms with van der Waals surface area (Å²) in [7, 11) is 1.67. The molecule has 1 saturated carbocycles. The molecule has 0 amide bonds. The van der Waals surface area contributed by atoms with E-state index in [4.69, 9.17) is 16.2 Å². The van der Waals surface area contributed by atoms with Gasteiger partial charge >= 0.3 is 0 Å². The summed E-state index contributed by atoms with van der Waals surface area (Å²) >= 11 is 0. The van der Waals surface area contributed by atoms with Crippen LogP contribution in [0.3, 0.4) is 0 Å². The molecule has 1 aliphatic rings. The maximum absolute atomic E-state index is 5.36. The summed E-state index contributed by atoms with van der Waals surface area (Å²) in [6.45, 7) is 0.682. The summed E-state index contributed by atoms with van der Waals surface area (Å²) < 4.78 is 5.13. The van der Waals surface area contributed by atoms with Gasteiger partial charge in [-0.25, -0.2) is 0 Å². The first-order valence-corrected chi connectivity index (χ1v) is 5.36. The second kappa shape index (κ2) is 5.57. The van der Waals surface area contributed by atoms with Crippen LogP contribution in [0, 0.1) is 0 Å². The average Bonchev–Trinajstić information content (AvgIpc) is 3.08. The molecule has 0 radical (unpaired) electrons. The van der Waals surface area contributed by atoms with Crippen LogP contribution >= 0.6 is 24.0 Å². The molecular formula is C12H18IN3O. The van der Waals surface area contributed by atoms with Crippen molar-refractivity contribution in [1.29, 1.82) is 0 Å².